The van der Waals surface area contributed by atoms with Gasteiger partial charge in [0.15, 0.2) is 0 Å². The third-order valence-corrected chi connectivity index (χ3v) is 2.99. The topological polar surface area (TPSA) is 23.5 Å². The normalized spacial score (nSPS) is 29.1. The van der Waals surface area contributed by atoms with E-state index in [2.05, 4.69) is 25.7 Å². The molecule has 1 N–H and O–H groups in total. The molecule has 0 amide bonds. The van der Waals surface area contributed by atoms with E-state index >= 15 is 0 Å². The van der Waals surface area contributed by atoms with Crippen molar-refractivity contribution in [3.05, 3.63) is 0 Å². The average molecular weight is 185 g/mol. The van der Waals surface area contributed by atoms with Gasteiger partial charge in [0.2, 0.25) is 0 Å². The molecule has 0 bridgehead atoms. The van der Waals surface area contributed by atoms with Crippen LogP contribution in [0.25, 0.3) is 0 Å². The molecule has 1 fully saturated rings. The molecule has 0 saturated heterocycles. The van der Waals surface area contributed by atoms with Gasteiger partial charge >= 0.3 is 0 Å². The van der Waals surface area contributed by atoms with Gasteiger partial charge in [0.25, 0.3) is 0 Å². The molecule has 1 saturated carbocycles. The third kappa shape index (κ3) is 2.96. The Labute approximate surface area is 81.9 Å². The maximum Gasteiger partial charge on any atom is 0.0555 e. The first kappa shape index (κ1) is 11.0. The summed E-state index contributed by atoms with van der Waals surface area (Å²) in [6, 6.07) is 1.25. The number of hydrogen-bond donors (Lipinski definition) is 1. The summed E-state index contributed by atoms with van der Waals surface area (Å²) in [7, 11) is 0. The molecule has 0 radical (unpaired) electrons. The fraction of sp³-hybridized carbons (Fsp3) is 1.00. The summed E-state index contributed by atoms with van der Waals surface area (Å²) < 4.78 is 0. The summed E-state index contributed by atoms with van der Waals surface area (Å²) in [5.74, 6) is 0. The highest BCUT2D eigenvalue weighted by Gasteiger charge is 2.28. The van der Waals surface area contributed by atoms with Crippen molar-refractivity contribution in [2.45, 2.75) is 64.6 Å². The average Bonchev–Trinajstić information content (AvgIpc) is 2.46. The van der Waals surface area contributed by atoms with Crippen LogP contribution in [-0.2, 0) is 0 Å². The van der Waals surface area contributed by atoms with Gasteiger partial charge in [-0.3, -0.25) is 4.90 Å². The molecule has 0 aliphatic heterocycles. The van der Waals surface area contributed by atoms with Gasteiger partial charge < -0.3 is 5.11 Å². The third-order valence-electron chi connectivity index (χ3n) is 2.99. The van der Waals surface area contributed by atoms with E-state index in [1.807, 2.05) is 0 Å². The van der Waals surface area contributed by atoms with E-state index < -0.39 is 0 Å². The van der Waals surface area contributed by atoms with Crippen LogP contribution >= 0.6 is 0 Å². The lowest BCUT2D eigenvalue weighted by Crippen LogP contribution is -2.39. The summed E-state index contributed by atoms with van der Waals surface area (Å²) in [5.41, 5.74) is 0. The minimum atomic E-state index is -0.0388. The predicted octanol–water partition coefficient (Wildman–Crippen LogP) is 2.02. The smallest absolute Gasteiger partial charge is 0.0555 e. The van der Waals surface area contributed by atoms with Crippen LogP contribution in [0.15, 0.2) is 0 Å². The zero-order chi connectivity index (χ0) is 9.84. The van der Waals surface area contributed by atoms with Crippen LogP contribution in [0.4, 0.5) is 0 Å². The van der Waals surface area contributed by atoms with Gasteiger partial charge in [-0.05, 0) is 46.1 Å². The molecule has 0 aromatic carbocycles. The van der Waals surface area contributed by atoms with Crippen LogP contribution < -0.4 is 0 Å². The summed E-state index contributed by atoms with van der Waals surface area (Å²) in [6.07, 6.45) is 4.34. The Morgan fingerprint density at radius 2 is 2.08 bits per heavy atom. The Bertz CT molecular complexity index is 147. The lowest BCUT2D eigenvalue weighted by Gasteiger charge is -2.32. The van der Waals surface area contributed by atoms with Crippen LogP contribution in [0.2, 0.25) is 0 Å². The summed E-state index contributed by atoms with van der Waals surface area (Å²) in [4.78, 5) is 2.54. The Balaban J connectivity index is 2.44. The number of hydrogen-bond acceptors (Lipinski definition) is 2. The lowest BCUT2D eigenvalue weighted by molar-refractivity contribution is 0.129. The monoisotopic (exact) mass is 185 g/mol. The molecule has 78 valence electrons. The maximum atomic E-state index is 9.47. The second-order valence-corrected chi connectivity index (χ2v) is 4.45. The van der Waals surface area contributed by atoms with Crippen molar-refractivity contribution in [3.8, 4) is 0 Å². The molecule has 0 aromatic rings. The van der Waals surface area contributed by atoms with Crippen molar-refractivity contribution in [2.24, 2.45) is 0 Å². The van der Waals surface area contributed by atoms with E-state index in [0.717, 1.165) is 12.8 Å². The van der Waals surface area contributed by atoms with E-state index in [1.165, 1.54) is 19.4 Å². The van der Waals surface area contributed by atoms with Crippen molar-refractivity contribution in [3.63, 3.8) is 0 Å². The molecule has 2 nitrogen and oxygen atoms in total. The second-order valence-electron chi connectivity index (χ2n) is 4.45. The minimum absolute atomic E-state index is 0.0388. The highest BCUT2D eigenvalue weighted by molar-refractivity contribution is 4.83. The fourth-order valence-electron chi connectivity index (χ4n) is 2.36. The standard InChI is InChI=1S/C11H23NO/c1-4-7-12(9(2)3)10-5-6-11(13)8-10/h9-11,13H,4-8H2,1-3H3. The predicted molar refractivity (Wildman–Crippen MR) is 55.8 cm³/mol. The zero-order valence-corrected chi connectivity index (χ0v) is 9.16. The second kappa shape index (κ2) is 4.97. The van der Waals surface area contributed by atoms with E-state index in [0.29, 0.717) is 12.1 Å². The van der Waals surface area contributed by atoms with Crippen molar-refractivity contribution < 1.29 is 5.11 Å². The van der Waals surface area contributed by atoms with Gasteiger partial charge in [0.1, 0.15) is 0 Å². The Hall–Kier alpha value is -0.0800. The lowest BCUT2D eigenvalue weighted by atomic mass is 10.1. The van der Waals surface area contributed by atoms with Crippen LogP contribution in [-0.4, -0.2) is 34.7 Å². The molecular formula is C11H23NO. The van der Waals surface area contributed by atoms with E-state index in [4.69, 9.17) is 0 Å². The van der Waals surface area contributed by atoms with Gasteiger partial charge in [0.05, 0.1) is 6.10 Å². The Morgan fingerprint density at radius 1 is 1.38 bits per heavy atom. The molecule has 13 heavy (non-hydrogen) atoms. The summed E-state index contributed by atoms with van der Waals surface area (Å²) >= 11 is 0. The van der Waals surface area contributed by atoms with Crippen LogP contribution in [0.3, 0.4) is 0 Å². The molecule has 2 atom stereocenters. The first-order chi connectivity index (χ1) is 6.15. The number of aliphatic hydroxyl groups is 1. The molecule has 0 aromatic heterocycles. The minimum Gasteiger partial charge on any atom is -0.393 e. The van der Waals surface area contributed by atoms with Crippen molar-refractivity contribution >= 4 is 0 Å². The number of aliphatic hydroxyl groups excluding tert-OH is 1. The quantitative estimate of drug-likeness (QED) is 0.724. The van der Waals surface area contributed by atoms with Crippen molar-refractivity contribution in [2.75, 3.05) is 6.54 Å². The molecule has 1 rings (SSSR count). The van der Waals surface area contributed by atoms with Gasteiger partial charge in [-0.25, -0.2) is 0 Å². The van der Waals surface area contributed by atoms with Crippen molar-refractivity contribution in [1.29, 1.82) is 0 Å². The van der Waals surface area contributed by atoms with Crippen molar-refractivity contribution in [1.82, 2.24) is 4.90 Å². The number of nitrogens with zero attached hydrogens (tertiary/aromatic N) is 1. The van der Waals surface area contributed by atoms with Crippen LogP contribution in [0.1, 0.15) is 46.5 Å². The molecule has 0 spiro atoms. The number of rotatable bonds is 4. The largest absolute Gasteiger partial charge is 0.393 e. The Kier molecular flexibility index (Phi) is 4.20. The molecule has 2 unspecified atom stereocenters. The first-order valence-electron chi connectivity index (χ1n) is 5.59. The van der Waals surface area contributed by atoms with Gasteiger partial charge in [-0.2, -0.15) is 0 Å². The van der Waals surface area contributed by atoms with E-state index in [1.54, 1.807) is 0 Å². The zero-order valence-electron chi connectivity index (χ0n) is 9.16. The summed E-state index contributed by atoms with van der Waals surface area (Å²) in [6.45, 7) is 7.90. The molecule has 1 aliphatic carbocycles. The van der Waals surface area contributed by atoms with Gasteiger partial charge in [0, 0.05) is 12.1 Å². The maximum absolute atomic E-state index is 9.47. The fourth-order valence-corrected chi connectivity index (χ4v) is 2.36. The SMILES string of the molecule is CCCN(C(C)C)C1CCC(O)C1. The molecular weight excluding hydrogens is 162 g/mol. The molecule has 2 heteroatoms. The molecule has 1 aliphatic rings. The highest BCUT2D eigenvalue weighted by atomic mass is 16.3. The van der Waals surface area contributed by atoms with E-state index in [9.17, 15) is 5.11 Å². The molecule has 0 heterocycles. The summed E-state index contributed by atoms with van der Waals surface area (Å²) in [5, 5.41) is 9.47. The highest BCUT2D eigenvalue weighted by Crippen LogP contribution is 2.25. The Morgan fingerprint density at radius 3 is 2.46 bits per heavy atom. The van der Waals surface area contributed by atoms with Crippen LogP contribution in [0, 0.1) is 0 Å². The van der Waals surface area contributed by atoms with Gasteiger partial charge in [-0.15, -0.1) is 0 Å². The van der Waals surface area contributed by atoms with E-state index in [-0.39, 0.29) is 6.10 Å². The van der Waals surface area contributed by atoms with Crippen LogP contribution in [0.5, 0.6) is 0 Å². The first-order valence-corrected chi connectivity index (χ1v) is 5.59. The van der Waals surface area contributed by atoms with Gasteiger partial charge in [-0.1, -0.05) is 6.92 Å².